The van der Waals surface area contributed by atoms with E-state index in [9.17, 15) is 9.18 Å². The maximum Gasteiger partial charge on any atom is 0.270 e. The van der Waals surface area contributed by atoms with Crippen LogP contribution in [-0.2, 0) is 6.42 Å². The number of thiazole rings is 1. The minimum absolute atomic E-state index is 0.249. The van der Waals surface area contributed by atoms with Gasteiger partial charge in [0.25, 0.3) is 5.91 Å². The van der Waals surface area contributed by atoms with Gasteiger partial charge in [0.05, 0.1) is 12.2 Å². The number of aromatic nitrogens is 2. The molecule has 3 aromatic rings. The number of ether oxygens (including phenoxy) is 1. The summed E-state index contributed by atoms with van der Waals surface area (Å²) in [6, 6.07) is 8.85. The first-order valence-electron chi connectivity index (χ1n) is 8.32. The molecule has 0 aliphatic carbocycles. The molecule has 4 rings (SSSR count). The van der Waals surface area contributed by atoms with Gasteiger partial charge in [0.1, 0.15) is 16.1 Å². The van der Waals surface area contributed by atoms with Gasteiger partial charge >= 0.3 is 0 Å². The monoisotopic (exact) mass is 401 g/mol. The molecule has 0 bridgehead atoms. The fraction of sp³-hybridized carbons (Fsp3) is 0.211. The molecule has 1 N–H and O–H groups in total. The van der Waals surface area contributed by atoms with Crippen LogP contribution in [0.25, 0.3) is 11.3 Å². The van der Waals surface area contributed by atoms with Gasteiger partial charge in [0.15, 0.2) is 11.6 Å². The normalized spacial score (nSPS) is 15.3. The molecule has 27 heavy (non-hydrogen) atoms. The SMILES string of the molecule is CSc1nc(C(=O)NC[C@@H]2Cc3cc(-c4ccccn4)cc(F)c3O2)cs1. The van der Waals surface area contributed by atoms with E-state index < -0.39 is 5.82 Å². The third-order valence-electron chi connectivity index (χ3n) is 4.19. The summed E-state index contributed by atoms with van der Waals surface area (Å²) in [4.78, 5) is 20.7. The second kappa shape index (κ2) is 7.66. The zero-order valence-electron chi connectivity index (χ0n) is 14.4. The lowest BCUT2D eigenvalue weighted by Crippen LogP contribution is -2.34. The van der Waals surface area contributed by atoms with E-state index in [4.69, 9.17) is 4.74 Å². The minimum atomic E-state index is -0.411. The average Bonchev–Trinajstić information content (AvgIpc) is 3.34. The standard InChI is InChI=1S/C19H16FN3O2S2/c1-26-19-23-16(10-27-19)18(24)22-9-13-7-12-6-11(8-14(20)17(12)25-13)15-4-2-3-5-21-15/h2-6,8,10,13H,7,9H2,1H3,(H,22,24)/t13-/m0/s1. The van der Waals surface area contributed by atoms with Crippen molar-refractivity contribution in [1.82, 2.24) is 15.3 Å². The van der Waals surface area contributed by atoms with E-state index in [0.29, 0.717) is 23.4 Å². The molecular weight excluding hydrogens is 385 g/mol. The topological polar surface area (TPSA) is 64.1 Å². The van der Waals surface area contributed by atoms with Crippen molar-refractivity contribution in [1.29, 1.82) is 0 Å². The van der Waals surface area contributed by atoms with Gasteiger partial charge in [-0.05, 0) is 30.5 Å². The Morgan fingerprint density at radius 3 is 3.07 bits per heavy atom. The summed E-state index contributed by atoms with van der Waals surface area (Å²) >= 11 is 2.93. The summed E-state index contributed by atoms with van der Waals surface area (Å²) < 4.78 is 21.0. The fourth-order valence-electron chi connectivity index (χ4n) is 2.94. The first kappa shape index (κ1) is 17.9. The van der Waals surface area contributed by atoms with Crippen LogP contribution in [0.2, 0.25) is 0 Å². The second-order valence-electron chi connectivity index (χ2n) is 6.02. The van der Waals surface area contributed by atoms with Crippen LogP contribution in [0.1, 0.15) is 16.1 Å². The molecule has 5 nitrogen and oxygen atoms in total. The molecule has 0 saturated heterocycles. The molecule has 0 unspecified atom stereocenters. The molecule has 3 heterocycles. The average molecular weight is 401 g/mol. The number of nitrogens with zero attached hydrogens (tertiary/aromatic N) is 2. The lowest BCUT2D eigenvalue weighted by molar-refractivity contribution is 0.0928. The number of nitrogens with one attached hydrogen (secondary N) is 1. The van der Waals surface area contributed by atoms with Crippen LogP contribution in [0.3, 0.4) is 0 Å². The van der Waals surface area contributed by atoms with E-state index in [1.165, 1.54) is 29.2 Å². The van der Waals surface area contributed by atoms with E-state index in [0.717, 1.165) is 9.90 Å². The highest BCUT2D eigenvalue weighted by Gasteiger charge is 2.27. The lowest BCUT2D eigenvalue weighted by atomic mass is 10.0. The molecule has 1 aromatic carbocycles. The Hall–Kier alpha value is -2.45. The van der Waals surface area contributed by atoms with Crippen LogP contribution in [0.4, 0.5) is 4.39 Å². The number of rotatable bonds is 5. The summed E-state index contributed by atoms with van der Waals surface area (Å²) in [5.74, 6) is -0.404. The number of hydrogen-bond acceptors (Lipinski definition) is 6. The Kier molecular flexibility index (Phi) is 5.09. The number of halogens is 1. The smallest absolute Gasteiger partial charge is 0.270 e. The summed E-state index contributed by atoms with van der Waals surface area (Å²) in [6.45, 7) is 0.290. The van der Waals surface area contributed by atoms with E-state index in [1.807, 2.05) is 30.5 Å². The lowest BCUT2D eigenvalue weighted by Gasteiger charge is -2.11. The number of carbonyl (C=O) groups is 1. The number of carbonyl (C=O) groups excluding carboxylic acids is 1. The summed E-state index contributed by atoms with van der Waals surface area (Å²) in [6.07, 6.45) is 3.81. The van der Waals surface area contributed by atoms with Crippen molar-refractivity contribution in [3.8, 4) is 17.0 Å². The first-order chi connectivity index (χ1) is 13.1. The maximum atomic E-state index is 14.5. The zero-order chi connectivity index (χ0) is 18.8. The van der Waals surface area contributed by atoms with E-state index >= 15 is 0 Å². The molecule has 2 aromatic heterocycles. The predicted molar refractivity (Wildman–Crippen MR) is 104 cm³/mol. The van der Waals surface area contributed by atoms with Gasteiger partial charge in [-0.25, -0.2) is 9.37 Å². The van der Waals surface area contributed by atoms with Gasteiger partial charge in [-0.3, -0.25) is 9.78 Å². The number of fused-ring (bicyclic) bond motifs is 1. The molecule has 0 radical (unpaired) electrons. The Morgan fingerprint density at radius 1 is 1.44 bits per heavy atom. The number of thioether (sulfide) groups is 1. The Bertz CT molecular complexity index is 978. The Labute approximate surface area is 164 Å². The quantitative estimate of drug-likeness (QED) is 0.659. The second-order valence-corrected chi connectivity index (χ2v) is 7.93. The Balaban J connectivity index is 1.43. The molecule has 1 atom stereocenters. The van der Waals surface area contributed by atoms with Crippen LogP contribution in [0.15, 0.2) is 46.2 Å². The van der Waals surface area contributed by atoms with Gasteiger partial charge in [-0.1, -0.05) is 17.8 Å². The number of amides is 1. The highest BCUT2D eigenvalue weighted by molar-refractivity contribution is 8.00. The minimum Gasteiger partial charge on any atom is -0.485 e. The number of benzene rings is 1. The van der Waals surface area contributed by atoms with Gasteiger partial charge in [-0.2, -0.15) is 0 Å². The molecule has 0 saturated carbocycles. The van der Waals surface area contributed by atoms with Gasteiger partial charge < -0.3 is 10.1 Å². The molecule has 1 aliphatic heterocycles. The van der Waals surface area contributed by atoms with Gasteiger partial charge in [-0.15, -0.1) is 11.3 Å². The summed E-state index contributed by atoms with van der Waals surface area (Å²) in [5, 5.41) is 4.54. The molecular formula is C19H16FN3O2S2. The molecule has 1 aliphatic rings. The van der Waals surface area contributed by atoms with Crippen molar-refractivity contribution in [3.63, 3.8) is 0 Å². The van der Waals surface area contributed by atoms with Crippen LogP contribution in [0.5, 0.6) is 5.75 Å². The fourth-order valence-corrected chi connectivity index (χ4v) is 4.18. The van der Waals surface area contributed by atoms with Crippen molar-refractivity contribution >= 4 is 29.0 Å². The first-order valence-corrected chi connectivity index (χ1v) is 10.4. The van der Waals surface area contributed by atoms with Crippen LogP contribution < -0.4 is 10.1 Å². The molecule has 1 amide bonds. The molecule has 0 spiro atoms. The number of pyridine rings is 1. The summed E-state index contributed by atoms with van der Waals surface area (Å²) in [7, 11) is 0. The highest BCUT2D eigenvalue weighted by atomic mass is 32.2. The van der Waals surface area contributed by atoms with Crippen LogP contribution >= 0.6 is 23.1 Å². The van der Waals surface area contributed by atoms with E-state index in [2.05, 4.69) is 15.3 Å². The van der Waals surface area contributed by atoms with Crippen LogP contribution in [-0.4, -0.2) is 34.8 Å². The third-order valence-corrected chi connectivity index (χ3v) is 6.06. The third kappa shape index (κ3) is 3.81. The van der Waals surface area contributed by atoms with E-state index in [-0.39, 0.29) is 24.3 Å². The predicted octanol–water partition coefficient (Wildman–Crippen LogP) is 3.80. The van der Waals surface area contributed by atoms with Crippen molar-refractivity contribution < 1.29 is 13.9 Å². The van der Waals surface area contributed by atoms with Crippen LogP contribution in [0, 0.1) is 5.82 Å². The van der Waals surface area contributed by atoms with Crippen molar-refractivity contribution in [3.05, 3.63) is 59.0 Å². The Morgan fingerprint density at radius 2 is 2.33 bits per heavy atom. The zero-order valence-corrected chi connectivity index (χ0v) is 16.1. The summed E-state index contributed by atoms with van der Waals surface area (Å²) in [5.41, 5.74) is 2.60. The molecule has 8 heteroatoms. The molecule has 0 fully saturated rings. The van der Waals surface area contributed by atoms with Gasteiger partial charge in [0, 0.05) is 29.1 Å². The largest absolute Gasteiger partial charge is 0.485 e. The maximum absolute atomic E-state index is 14.5. The van der Waals surface area contributed by atoms with Crippen molar-refractivity contribution in [2.45, 2.75) is 16.9 Å². The number of hydrogen-bond donors (Lipinski definition) is 1. The van der Waals surface area contributed by atoms with Crippen molar-refractivity contribution in [2.75, 3.05) is 12.8 Å². The highest BCUT2D eigenvalue weighted by Crippen LogP contribution is 2.35. The van der Waals surface area contributed by atoms with Gasteiger partial charge in [0.2, 0.25) is 0 Å². The molecule has 138 valence electrons. The van der Waals surface area contributed by atoms with Crippen molar-refractivity contribution in [2.24, 2.45) is 0 Å². The van der Waals surface area contributed by atoms with E-state index in [1.54, 1.807) is 11.6 Å².